The fourth-order valence-electron chi connectivity index (χ4n) is 6.59. The lowest BCUT2D eigenvalue weighted by atomic mass is 9.86. The molecule has 0 fully saturated rings. The summed E-state index contributed by atoms with van der Waals surface area (Å²) in [6.45, 7) is 0. The highest BCUT2D eigenvalue weighted by molar-refractivity contribution is 6.26. The van der Waals surface area contributed by atoms with Crippen LogP contribution in [0.2, 0.25) is 0 Å². The number of para-hydroxylation sites is 1. The molecule has 9 rings (SSSR count). The summed E-state index contributed by atoms with van der Waals surface area (Å²) in [5.41, 5.74) is 8.41. The maximum Gasteiger partial charge on any atom is 0.136 e. The maximum absolute atomic E-state index is 6.52. The molecular formula is C38H22O2. The van der Waals surface area contributed by atoms with Crippen molar-refractivity contribution < 1.29 is 8.83 Å². The highest BCUT2D eigenvalue weighted by Gasteiger charge is 2.19. The van der Waals surface area contributed by atoms with Gasteiger partial charge in [-0.25, -0.2) is 0 Å². The van der Waals surface area contributed by atoms with E-state index in [1.807, 2.05) is 24.3 Å². The molecule has 7 aromatic carbocycles. The van der Waals surface area contributed by atoms with Crippen LogP contribution in [0.4, 0.5) is 0 Å². The molecule has 0 radical (unpaired) electrons. The highest BCUT2D eigenvalue weighted by atomic mass is 16.3. The zero-order valence-electron chi connectivity index (χ0n) is 21.5. The van der Waals surface area contributed by atoms with Gasteiger partial charge in [0.25, 0.3) is 0 Å². The molecule has 2 heteroatoms. The van der Waals surface area contributed by atoms with Gasteiger partial charge in [0.2, 0.25) is 0 Å². The predicted octanol–water partition coefficient (Wildman–Crippen LogP) is 11.1. The molecule has 2 aromatic heterocycles. The van der Waals surface area contributed by atoms with Crippen LogP contribution >= 0.6 is 0 Å². The van der Waals surface area contributed by atoms with Crippen LogP contribution < -0.4 is 0 Å². The first-order valence-electron chi connectivity index (χ1n) is 13.6. The Kier molecular flexibility index (Phi) is 4.36. The predicted molar refractivity (Wildman–Crippen MR) is 167 cm³/mol. The van der Waals surface area contributed by atoms with E-state index < -0.39 is 0 Å². The van der Waals surface area contributed by atoms with Gasteiger partial charge in [0, 0.05) is 21.5 Å². The number of rotatable bonds is 2. The third-order valence-corrected chi connectivity index (χ3v) is 8.26. The number of hydrogen-bond acceptors (Lipinski definition) is 2. The zero-order valence-corrected chi connectivity index (χ0v) is 21.5. The van der Waals surface area contributed by atoms with E-state index in [-0.39, 0.29) is 0 Å². The van der Waals surface area contributed by atoms with Crippen LogP contribution in [-0.2, 0) is 0 Å². The fourth-order valence-corrected chi connectivity index (χ4v) is 6.59. The van der Waals surface area contributed by atoms with Gasteiger partial charge in [-0.15, -0.1) is 0 Å². The normalized spacial score (nSPS) is 12.0. The van der Waals surface area contributed by atoms with Gasteiger partial charge in [0.15, 0.2) is 0 Å². The van der Waals surface area contributed by atoms with E-state index >= 15 is 0 Å². The molecule has 0 aliphatic heterocycles. The summed E-state index contributed by atoms with van der Waals surface area (Å²) in [4.78, 5) is 0. The van der Waals surface area contributed by atoms with Crippen LogP contribution in [0.15, 0.2) is 142 Å². The van der Waals surface area contributed by atoms with Crippen LogP contribution in [-0.4, -0.2) is 0 Å². The molecule has 0 saturated carbocycles. The Hall–Kier alpha value is -5.34. The van der Waals surface area contributed by atoms with Crippen LogP contribution in [0.5, 0.6) is 0 Å². The van der Waals surface area contributed by atoms with E-state index in [1.165, 1.54) is 38.2 Å². The topological polar surface area (TPSA) is 26.3 Å². The van der Waals surface area contributed by atoms with Crippen LogP contribution in [0.25, 0.3) is 87.7 Å². The van der Waals surface area contributed by atoms with Crippen LogP contribution in [0.1, 0.15) is 0 Å². The van der Waals surface area contributed by atoms with Crippen molar-refractivity contribution in [3.8, 4) is 22.3 Å². The number of hydrogen-bond donors (Lipinski definition) is 0. The van der Waals surface area contributed by atoms with Gasteiger partial charge >= 0.3 is 0 Å². The van der Waals surface area contributed by atoms with Crippen molar-refractivity contribution in [3.63, 3.8) is 0 Å². The molecular weight excluding hydrogens is 488 g/mol. The maximum atomic E-state index is 6.52. The molecule has 0 aliphatic rings. The monoisotopic (exact) mass is 510 g/mol. The number of benzene rings is 7. The Bertz CT molecular complexity index is 2370. The second-order valence-electron chi connectivity index (χ2n) is 10.4. The average Bonchev–Trinajstić information content (AvgIpc) is 3.57. The van der Waals surface area contributed by atoms with Gasteiger partial charge in [-0.05, 0) is 74.1 Å². The fraction of sp³-hybridized carbons (Fsp3) is 0. The third kappa shape index (κ3) is 2.93. The second-order valence-corrected chi connectivity index (χ2v) is 10.4. The lowest BCUT2D eigenvalue weighted by Crippen LogP contribution is -1.90. The van der Waals surface area contributed by atoms with Gasteiger partial charge in [-0.2, -0.15) is 0 Å². The SMILES string of the molecule is c1ccc(-c2c3ccccc3c(-c3ccc4c(c3)oc3ccc5oc6ccccc6c5c34)c3ccccc23)cc1. The molecule has 0 N–H and O–H groups in total. The average molecular weight is 511 g/mol. The minimum absolute atomic E-state index is 0.875. The van der Waals surface area contributed by atoms with Gasteiger partial charge in [-0.3, -0.25) is 0 Å². The van der Waals surface area contributed by atoms with Gasteiger partial charge < -0.3 is 8.83 Å². The van der Waals surface area contributed by atoms with Gasteiger partial charge in [-0.1, -0.05) is 103 Å². The first-order valence-corrected chi connectivity index (χ1v) is 13.6. The Morgan fingerprint density at radius 2 is 0.775 bits per heavy atom. The van der Waals surface area contributed by atoms with Crippen LogP contribution in [0.3, 0.4) is 0 Å². The summed E-state index contributed by atoms with van der Waals surface area (Å²) >= 11 is 0. The summed E-state index contributed by atoms with van der Waals surface area (Å²) in [5.74, 6) is 0. The minimum atomic E-state index is 0.875. The van der Waals surface area contributed by atoms with Gasteiger partial charge in [0.1, 0.15) is 22.3 Å². The van der Waals surface area contributed by atoms with Gasteiger partial charge in [0.05, 0.1) is 0 Å². The minimum Gasteiger partial charge on any atom is -0.456 e. The van der Waals surface area contributed by atoms with E-state index in [9.17, 15) is 0 Å². The lowest BCUT2D eigenvalue weighted by molar-refractivity contribution is 0.663. The Balaban J connectivity index is 1.37. The van der Waals surface area contributed by atoms with E-state index in [0.717, 1.165) is 49.4 Å². The van der Waals surface area contributed by atoms with E-state index in [4.69, 9.17) is 8.83 Å². The molecule has 2 nitrogen and oxygen atoms in total. The van der Waals surface area contributed by atoms with Crippen molar-refractivity contribution in [2.24, 2.45) is 0 Å². The molecule has 9 aromatic rings. The highest BCUT2D eigenvalue weighted by Crippen LogP contribution is 2.45. The molecule has 0 spiro atoms. The standard InChI is InChI=1S/C38H22O2/c1-2-10-23(11-3-1)35-25-12-4-6-14-27(25)36(28-15-7-5-13-26(28)35)24-18-19-30-34(22-24)40-33-21-20-32-37(38(30)33)29-16-8-9-17-31(29)39-32/h1-22H. The largest absolute Gasteiger partial charge is 0.456 e. The molecule has 0 aliphatic carbocycles. The summed E-state index contributed by atoms with van der Waals surface area (Å²) in [7, 11) is 0. The first kappa shape index (κ1) is 21.6. The lowest BCUT2D eigenvalue weighted by Gasteiger charge is -2.17. The Morgan fingerprint density at radius 1 is 0.300 bits per heavy atom. The van der Waals surface area contributed by atoms with E-state index in [2.05, 4.69) is 109 Å². The van der Waals surface area contributed by atoms with E-state index in [1.54, 1.807) is 0 Å². The quantitative estimate of drug-likeness (QED) is 0.216. The van der Waals surface area contributed by atoms with Crippen molar-refractivity contribution in [1.82, 2.24) is 0 Å². The summed E-state index contributed by atoms with van der Waals surface area (Å²) < 4.78 is 12.7. The molecule has 0 atom stereocenters. The van der Waals surface area contributed by atoms with Crippen molar-refractivity contribution in [3.05, 3.63) is 133 Å². The van der Waals surface area contributed by atoms with Crippen LogP contribution in [0, 0.1) is 0 Å². The van der Waals surface area contributed by atoms with Crippen molar-refractivity contribution in [1.29, 1.82) is 0 Å². The third-order valence-electron chi connectivity index (χ3n) is 8.26. The van der Waals surface area contributed by atoms with Crippen molar-refractivity contribution in [2.75, 3.05) is 0 Å². The number of fused-ring (bicyclic) bond motifs is 9. The summed E-state index contributed by atoms with van der Waals surface area (Å²) in [6.07, 6.45) is 0. The Labute approximate surface area is 229 Å². The van der Waals surface area contributed by atoms with Crippen molar-refractivity contribution in [2.45, 2.75) is 0 Å². The molecule has 40 heavy (non-hydrogen) atoms. The Morgan fingerprint density at radius 3 is 1.40 bits per heavy atom. The molecule has 0 unspecified atom stereocenters. The molecule has 2 heterocycles. The molecule has 186 valence electrons. The molecule has 0 bridgehead atoms. The molecule has 0 saturated heterocycles. The smallest absolute Gasteiger partial charge is 0.136 e. The number of furan rings is 2. The zero-order chi connectivity index (χ0) is 26.2. The molecule has 0 amide bonds. The second kappa shape index (κ2) is 8.08. The summed E-state index contributed by atoms with van der Waals surface area (Å²) in [6, 6.07) is 47.2. The van der Waals surface area contributed by atoms with Crippen molar-refractivity contribution >= 4 is 65.4 Å². The summed E-state index contributed by atoms with van der Waals surface area (Å²) in [5, 5.41) is 9.41. The first-order chi connectivity index (χ1) is 19.8. The van der Waals surface area contributed by atoms with E-state index in [0.29, 0.717) is 0 Å².